The molecule has 3 N–H and O–H groups in total. The molecule has 9 nitrogen and oxygen atoms in total. The molecule has 0 saturated carbocycles. The van der Waals surface area contributed by atoms with E-state index in [4.69, 9.17) is 19.7 Å². The molecule has 0 aliphatic rings. The van der Waals surface area contributed by atoms with Crippen molar-refractivity contribution < 1.29 is 18.7 Å². The van der Waals surface area contributed by atoms with Gasteiger partial charge in [0, 0.05) is 6.07 Å². The summed E-state index contributed by atoms with van der Waals surface area (Å²) in [5, 5.41) is 11.1. The van der Waals surface area contributed by atoms with Gasteiger partial charge in [-0.05, 0) is 24.3 Å². The van der Waals surface area contributed by atoms with Gasteiger partial charge >= 0.3 is 0 Å². The second kappa shape index (κ2) is 7.83. The number of hydrogen-bond donors (Lipinski definition) is 2. The quantitative estimate of drug-likeness (QED) is 0.476. The molecule has 0 fully saturated rings. The lowest BCUT2D eigenvalue weighted by atomic mass is 10.2. The molecular formula is C16H17N5O4S. The molecule has 1 amide bonds. The Kier molecular flexibility index (Phi) is 5.32. The highest BCUT2D eigenvalue weighted by Crippen LogP contribution is 2.29. The van der Waals surface area contributed by atoms with Crippen LogP contribution >= 0.6 is 11.8 Å². The molecule has 0 spiro atoms. The fourth-order valence-electron chi connectivity index (χ4n) is 2.17. The topological polar surface area (TPSA) is 117 Å². The molecule has 136 valence electrons. The lowest BCUT2D eigenvalue weighted by molar-refractivity contribution is -0.113. The predicted octanol–water partition coefficient (Wildman–Crippen LogP) is 2.00. The minimum Gasteiger partial charge on any atom is -0.497 e. The summed E-state index contributed by atoms with van der Waals surface area (Å²) in [7, 11) is 3.08. The van der Waals surface area contributed by atoms with Gasteiger partial charge in [0.15, 0.2) is 5.76 Å². The Hall–Kier alpha value is -3.14. The van der Waals surface area contributed by atoms with E-state index >= 15 is 0 Å². The second-order valence-electron chi connectivity index (χ2n) is 5.06. The van der Waals surface area contributed by atoms with Crippen molar-refractivity contribution in [3.63, 3.8) is 0 Å². The first-order chi connectivity index (χ1) is 12.6. The summed E-state index contributed by atoms with van der Waals surface area (Å²) in [4.78, 5) is 12.2. The van der Waals surface area contributed by atoms with Crippen molar-refractivity contribution in [2.45, 2.75) is 5.16 Å². The summed E-state index contributed by atoms with van der Waals surface area (Å²) in [6.45, 7) is 0. The van der Waals surface area contributed by atoms with Crippen molar-refractivity contribution in [2.75, 3.05) is 31.1 Å². The van der Waals surface area contributed by atoms with Crippen molar-refractivity contribution in [1.82, 2.24) is 14.9 Å². The number of hydrogen-bond acceptors (Lipinski definition) is 8. The van der Waals surface area contributed by atoms with E-state index in [1.54, 1.807) is 37.4 Å². The Labute approximate surface area is 153 Å². The highest BCUT2D eigenvalue weighted by molar-refractivity contribution is 7.99. The summed E-state index contributed by atoms with van der Waals surface area (Å²) in [5.74, 6) is 7.84. The third-order valence-corrected chi connectivity index (χ3v) is 4.36. The molecule has 0 atom stereocenters. The summed E-state index contributed by atoms with van der Waals surface area (Å²) < 4.78 is 16.9. The largest absolute Gasteiger partial charge is 0.497 e. The smallest absolute Gasteiger partial charge is 0.234 e. The number of carbonyl (C=O) groups is 1. The van der Waals surface area contributed by atoms with Gasteiger partial charge in [-0.2, -0.15) is 0 Å². The van der Waals surface area contributed by atoms with Gasteiger partial charge in [-0.25, -0.2) is 4.68 Å². The molecule has 1 aromatic carbocycles. The minimum atomic E-state index is -0.235. The van der Waals surface area contributed by atoms with Crippen molar-refractivity contribution in [1.29, 1.82) is 0 Å². The van der Waals surface area contributed by atoms with Crippen LogP contribution in [-0.4, -0.2) is 40.8 Å². The third-order valence-electron chi connectivity index (χ3n) is 3.42. The number of aromatic nitrogens is 3. The van der Waals surface area contributed by atoms with E-state index in [1.165, 1.54) is 18.0 Å². The number of methoxy groups -OCH3 is 2. The summed E-state index contributed by atoms with van der Waals surface area (Å²) in [6.07, 6.45) is 1.52. The van der Waals surface area contributed by atoms with Crippen LogP contribution in [0.15, 0.2) is 46.2 Å². The first-order valence-corrected chi connectivity index (χ1v) is 8.50. The maximum absolute atomic E-state index is 12.2. The molecule has 3 aromatic rings. The van der Waals surface area contributed by atoms with Crippen LogP contribution < -0.4 is 20.6 Å². The fourth-order valence-corrected chi connectivity index (χ4v) is 2.82. The zero-order chi connectivity index (χ0) is 18.5. The monoisotopic (exact) mass is 375 g/mol. The Morgan fingerprint density at radius 2 is 2.15 bits per heavy atom. The number of anilines is 1. The van der Waals surface area contributed by atoms with Crippen LogP contribution in [0.5, 0.6) is 11.5 Å². The van der Waals surface area contributed by atoms with E-state index in [0.29, 0.717) is 33.9 Å². The van der Waals surface area contributed by atoms with E-state index in [1.807, 2.05) is 0 Å². The molecule has 2 aromatic heterocycles. The zero-order valence-corrected chi connectivity index (χ0v) is 14.9. The summed E-state index contributed by atoms with van der Waals surface area (Å²) >= 11 is 1.16. The molecule has 26 heavy (non-hydrogen) atoms. The summed E-state index contributed by atoms with van der Waals surface area (Å²) in [6, 6.07) is 8.59. The second-order valence-corrected chi connectivity index (χ2v) is 6.00. The normalized spacial score (nSPS) is 10.5. The van der Waals surface area contributed by atoms with Crippen LogP contribution in [0.3, 0.4) is 0 Å². The van der Waals surface area contributed by atoms with Gasteiger partial charge in [-0.3, -0.25) is 4.79 Å². The first-order valence-electron chi connectivity index (χ1n) is 7.51. The maximum Gasteiger partial charge on any atom is 0.234 e. The van der Waals surface area contributed by atoms with E-state index in [0.717, 1.165) is 11.8 Å². The molecule has 10 heteroatoms. The number of rotatable bonds is 7. The van der Waals surface area contributed by atoms with Gasteiger partial charge in [0.1, 0.15) is 11.5 Å². The average molecular weight is 375 g/mol. The highest BCUT2D eigenvalue weighted by atomic mass is 32.2. The average Bonchev–Trinajstić information content (AvgIpc) is 3.30. The van der Waals surface area contributed by atoms with Gasteiger partial charge in [-0.15, -0.1) is 10.2 Å². The molecular weight excluding hydrogens is 358 g/mol. The Morgan fingerprint density at radius 1 is 1.31 bits per heavy atom. The first kappa shape index (κ1) is 17.7. The zero-order valence-electron chi connectivity index (χ0n) is 14.1. The maximum atomic E-state index is 12.2. The van der Waals surface area contributed by atoms with Crippen molar-refractivity contribution in [3.8, 4) is 23.1 Å². The van der Waals surface area contributed by atoms with Crippen molar-refractivity contribution in [2.24, 2.45) is 0 Å². The standard InChI is InChI=1S/C16H17N5O4S/c1-23-10-5-6-11(13(8-10)24-2)18-14(22)9-26-16-20-19-15(21(16)17)12-4-3-7-25-12/h3-8H,9,17H2,1-2H3,(H,18,22). The number of nitrogens with two attached hydrogens (primary N) is 1. The number of benzene rings is 1. The Morgan fingerprint density at radius 3 is 2.85 bits per heavy atom. The van der Waals surface area contributed by atoms with Crippen LogP contribution in [0.1, 0.15) is 0 Å². The third kappa shape index (κ3) is 3.75. The molecule has 0 bridgehead atoms. The number of nitrogens with zero attached hydrogens (tertiary/aromatic N) is 3. The van der Waals surface area contributed by atoms with Crippen LogP contribution in [0, 0.1) is 0 Å². The van der Waals surface area contributed by atoms with E-state index in [-0.39, 0.29) is 11.7 Å². The van der Waals surface area contributed by atoms with Crippen LogP contribution in [-0.2, 0) is 4.79 Å². The van der Waals surface area contributed by atoms with Gasteiger partial charge in [0.2, 0.25) is 16.9 Å². The lowest BCUT2D eigenvalue weighted by Gasteiger charge is -2.11. The fraction of sp³-hybridized carbons (Fsp3) is 0.188. The van der Waals surface area contributed by atoms with Crippen LogP contribution in [0.25, 0.3) is 11.6 Å². The number of ether oxygens (including phenoxy) is 2. The van der Waals surface area contributed by atoms with E-state index in [9.17, 15) is 4.79 Å². The number of thioether (sulfide) groups is 1. The number of carbonyl (C=O) groups excluding carboxylic acids is 1. The van der Waals surface area contributed by atoms with Gasteiger partial charge in [0.25, 0.3) is 0 Å². The molecule has 3 rings (SSSR count). The molecule has 0 unspecified atom stereocenters. The van der Waals surface area contributed by atoms with Crippen molar-refractivity contribution >= 4 is 23.4 Å². The highest BCUT2D eigenvalue weighted by Gasteiger charge is 2.16. The van der Waals surface area contributed by atoms with Crippen LogP contribution in [0.2, 0.25) is 0 Å². The van der Waals surface area contributed by atoms with Gasteiger partial charge < -0.3 is 25.1 Å². The number of furan rings is 1. The van der Waals surface area contributed by atoms with Gasteiger partial charge in [0.05, 0.1) is 31.9 Å². The lowest BCUT2D eigenvalue weighted by Crippen LogP contribution is -2.16. The number of nitrogen functional groups attached to an aromatic ring is 1. The predicted molar refractivity (Wildman–Crippen MR) is 96.8 cm³/mol. The van der Waals surface area contributed by atoms with Gasteiger partial charge in [-0.1, -0.05) is 11.8 Å². The Bertz CT molecular complexity index is 894. The van der Waals surface area contributed by atoms with E-state index < -0.39 is 0 Å². The van der Waals surface area contributed by atoms with Crippen molar-refractivity contribution in [3.05, 3.63) is 36.6 Å². The number of nitrogens with one attached hydrogen (secondary N) is 1. The molecule has 0 radical (unpaired) electrons. The van der Waals surface area contributed by atoms with E-state index in [2.05, 4.69) is 15.5 Å². The molecule has 0 aliphatic carbocycles. The number of amides is 1. The Balaban J connectivity index is 1.63. The molecule has 2 heterocycles. The molecule has 0 aliphatic heterocycles. The SMILES string of the molecule is COc1ccc(NC(=O)CSc2nnc(-c3ccco3)n2N)c(OC)c1. The summed E-state index contributed by atoms with van der Waals surface area (Å²) in [5.41, 5.74) is 0.546. The molecule has 0 saturated heterocycles. The van der Waals surface area contributed by atoms with Crippen LogP contribution in [0.4, 0.5) is 5.69 Å². The minimum absolute atomic E-state index is 0.0999.